The molecule has 0 fully saturated rings. The second-order valence-electron chi connectivity index (χ2n) is 3.57. The molecule has 0 bridgehead atoms. The molecular formula is C12H11FN2O. The molecule has 4 heteroatoms. The molecule has 0 spiro atoms. The molecule has 0 radical (unpaired) electrons. The quantitative estimate of drug-likeness (QED) is 0.723. The predicted octanol–water partition coefficient (Wildman–Crippen LogP) is 2.10. The SMILES string of the molecule is Cc1c(F)c(C(=O)c2ccccc2)nn1C. The highest BCUT2D eigenvalue weighted by Crippen LogP contribution is 2.14. The van der Waals surface area contributed by atoms with Crippen LogP contribution in [-0.4, -0.2) is 15.6 Å². The maximum atomic E-state index is 13.7. The summed E-state index contributed by atoms with van der Waals surface area (Å²) in [7, 11) is 1.61. The Morgan fingerprint density at radius 2 is 1.94 bits per heavy atom. The summed E-state index contributed by atoms with van der Waals surface area (Å²) < 4.78 is 15.0. The van der Waals surface area contributed by atoms with E-state index in [2.05, 4.69) is 5.10 Å². The van der Waals surface area contributed by atoms with Crippen molar-refractivity contribution in [1.82, 2.24) is 9.78 Å². The van der Waals surface area contributed by atoms with Crippen LogP contribution in [0.3, 0.4) is 0 Å². The van der Waals surface area contributed by atoms with Gasteiger partial charge in [0.1, 0.15) is 0 Å². The lowest BCUT2D eigenvalue weighted by Crippen LogP contribution is -2.04. The topological polar surface area (TPSA) is 34.9 Å². The van der Waals surface area contributed by atoms with Crippen LogP contribution in [0.25, 0.3) is 0 Å². The Balaban J connectivity index is 2.46. The van der Waals surface area contributed by atoms with E-state index in [0.717, 1.165) is 0 Å². The van der Waals surface area contributed by atoms with Gasteiger partial charge in [-0.1, -0.05) is 30.3 Å². The van der Waals surface area contributed by atoms with Gasteiger partial charge in [0, 0.05) is 12.6 Å². The molecule has 0 amide bonds. The Morgan fingerprint density at radius 1 is 1.31 bits per heavy atom. The van der Waals surface area contributed by atoms with Crippen molar-refractivity contribution in [2.45, 2.75) is 6.92 Å². The fraction of sp³-hybridized carbons (Fsp3) is 0.167. The molecule has 2 aromatic rings. The summed E-state index contributed by atoms with van der Waals surface area (Å²) in [4.78, 5) is 11.9. The van der Waals surface area contributed by atoms with E-state index in [9.17, 15) is 9.18 Å². The van der Waals surface area contributed by atoms with E-state index in [1.54, 1.807) is 44.3 Å². The Labute approximate surface area is 92.5 Å². The molecule has 0 saturated carbocycles. The van der Waals surface area contributed by atoms with Crippen LogP contribution in [0.15, 0.2) is 30.3 Å². The average molecular weight is 218 g/mol. The van der Waals surface area contributed by atoms with Gasteiger partial charge in [0.15, 0.2) is 11.5 Å². The van der Waals surface area contributed by atoms with Gasteiger partial charge in [-0.15, -0.1) is 0 Å². The van der Waals surface area contributed by atoms with Crippen LogP contribution in [0.2, 0.25) is 0 Å². The minimum atomic E-state index is -0.545. The van der Waals surface area contributed by atoms with Crippen LogP contribution < -0.4 is 0 Å². The molecule has 1 heterocycles. The van der Waals surface area contributed by atoms with Gasteiger partial charge in [-0.25, -0.2) is 4.39 Å². The Morgan fingerprint density at radius 3 is 2.44 bits per heavy atom. The van der Waals surface area contributed by atoms with Crippen molar-refractivity contribution in [3.05, 3.63) is 53.1 Å². The van der Waals surface area contributed by atoms with E-state index < -0.39 is 5.82 Å². The molecule has 0 N–H and O–H groups in total. The Bertz CT molecular complexity index is 531. The van der Waals surface area contributed by atoms with Crippen molar-refractivity contribution in [3.8, 4) is 0 Å². The largest absolute Gasteiger partial charge is 0.287 e. The van der Waals surface area contributed by atoms with Crippen LogP contribution in [0.5, 0.6) is 0 Å². The van der Waals surface area contributed by atoms with Crippen molar-refractivity contribution >= 4 is 5.78 Å². The molecule has 1 aromatic heterocycles. The zero-order valence-electron chi connectivity index (χ0n) is 9.07. The Hall–Kier alpha value is -1.97. The lowest BCUT2D eigenvalue weighted by atomic mass is 10.1. The first-order valence-electron chi connectivity index (χ1n) is 4.90. The van der Waals surface area contributed by atoms with Crippen molar-refractivity contribution in [2.24, 2.45) is 7.05 Å². The van der Waals surface area contributed by atoms with E-state index >= 15 is 0 Å². The lowest BCUT2D eigenvalue weighted by molar-refractivity contribution is 0.103. The fourth-order valence-electron chi connectivity index (χ4n) is 1.45. The normalized spacial score (nSPS) is 10.4. The minimum Gasteiger partial charge on any atom is -0.287 e. The number of rotatable bonds is 2. The van der Waals surface area contributed by atoms with E-state index in [1.807, 2.05) is 0 Å². The predicted molar refractivity (Wildman–Crippen MR) is 57.8 cm³/mol. The van der Waals surface area contributed by atoms with Gasteiger partial charge in [0.2, 0.25) is 5.78 Å². The molecule has 3 nitrogen and oxygen atoms in total. The zero-order valence-corrected chi connectivity index (χ0v) is 9.07. The summed E-state index contributed by atoms with van der Waals surface area (Å²) in [6, 6.07) is 8.57. The highest BCUT2D eigenvalue weighted by atomic mass is 19.1. The number of hydrogen-bond donors (Lipinski definition) is 0. The highest BCUT2D eigenvalue weighted by Gasteiger charge is 2.20. The molecule has 0 aliphatic carbocycles. The third-order valence-corrected chi connectivity index (χ3v) is 2.51. The van der Waals surface area contributed by atoms with E-state index in [0.29, 0.717) is 11.3 Å². The first-order valence-corrected chi connectivity index (χ1v) is 4.90. The van der Waals surface area contributed by atoms with Crippen molar-refractivity contribution in [2.75, 3.05) is 0 Å². The van der Waals surface area contributed by atoms with Gasteiger partial charge < -0.3 is 0 Å². The number of nitrogens with zero attached hydrogens (tertiary/aromatic N) is 2. The second-order valence-corrected chi connectivity index (χ2v) is 3.57. The summed E-state index contributed by atoms with van der Waals surface area (Å²) in [6.45, 7) is 1.59. The van der Waals surface area contributed by atoms with Crippen molar-refractivity contribution < 1.29 is 9.18 Å². The number of aryl methyl sites for hydroxylation is 1. The lowest BCUT2D eigenvalue weighted by Gasteiger charge is -1.96. The average Bonchev–Trinajstić information content (AvgIpc) is 2.57. The molecule has 16 heavy (non-hydrogen) atoms. The number of ketones is 1. The van der Waals surface area contributed by atoms with Crippen molar-refractivity contribution in [1.29, 1.82) is 0 Å². The van der Waals surface area contributed by atoms with E-state index in [1.165, 1.54) is 4.68 Å². The summed E-state index contributed by atoms with van der Waals surface area (Å²) in [5.41, 5.74) is 0.685. The molecule has 82 valence electrons. The third kappa shape index (κ3) is 1.62. The van der Waals surface area contributed by atoms with Crippen molar-refractivity contribution in [3.63, 3.8) is 0 Å². The van der Waals surface area contributed by atoms with Crippen LogP contribution in [-0.2, 0) is 7.05 Å². The number of carbonyl (C=O) groups is 1. The van der Waals surface area contributed by atoms with Gasteiger partial charge in [-0.3, -0.25) is 9.48 Å². The molecule has 0 aliphatic heterocycles. The summed E-state index contributed by atoms with van der Waals surface area (Å²) in [6.07, 6.45) is 0. The number of benzene rings is 1. The molecule has 0 unspecified atom stereocenters. The van der Waals surface area contributed by atoms with Crippen LogP contribution in [0.1, 0.15) is 21.7 Å². The van der Waals surface area contributed by atoms with E-state index in [4.69, 9.17) is 0 Å². The monoisotopic (exact) mass is 218 g/mol. The summed E-state index contributed by atoms with van der Waals surface area (Å²) >= 11 is 0. The zero-order chi connectivity index (χ0) is 11.7. The smallest absolute Gasteiger partial charge is 0.216 e. The molecule has 1 aromatic carbocycles. The molecule has 0 atom stereocenters. The standard InChI is InChI=1S/C12H11FN2O/c1-8-10(13)11(14-15(8)2)12(16)9-6-4-3-5-7-9/h3-7H,1-2H3. The number of aromatic nitrogens is 2. The number of hydrogen-bond acceptors (Lipinski definition) is 2. The minimum absolute atomic E-state index is 0.119. The van der Waals surface area contributed by atoms with Crippen LogP contribution in [0.4, 0.5) is 4.39 Å². The van der Waals surface area contributed by atoms with Gasteiger partial charge in [0.25, 0.3) is 0 Å². The first-order chi connectivity index (χ1) is 7.61. The second kappa shape index (κ2) is 3.89. The highest BCUT2D eigenvalue weighted by molar-refractivity contribution is 6.07. The van der Waals surface area contributed by atoms with Gasteiger partial charge in [-0.05, 0) is 6.92 Å². The summed E-state index contributed by atoms with van der Waals surface area (Å²) in [5, 5.41) is 3.88. The first kappa shape index (κ1) is 10.5. The third-order valence-electron chi connectivity index (χ3n) is 2.51. The molecule has 2 rings (SSSR count). The number of carbonyl (C=O) groups excluding carboxylic acids is 1. The number of halogens is 1. The molecular weight excluding hydrogens is 207 g/mol. The van der Waals surface area contributed by atoms with Gasteiger partial charge >= 0.3 is 0 Å². The summed E-state index contributed by atoms with van der Waals surface area (Å²) in [5.74, 6) is -0.932. The van der Waals surface area contributed by atoms with Gasteiger partial charge in [0.05, 0.1) is 5.69 Å². The molecule has 0 aliphatic rings. The van der Waals surface area contributed by atoms with Crippen LogP contribution in [0, 0.1) is 12.7 Å². The Kier molecular flexibility index (Phi) is 2.56. The van der Waals surface area contributed by atoms with Crippen LogP contribution >= 0.6 is 0 Å². The maximum absolute atomic E-state index is 13.7. The van der Waals surface area contributed by atoms with Gasteiger partial charge in [-0.2, -0.15) is 5.10 Å². The maximum Gasteiger partial charge on any atom is 0.216 e. The fourth-order valence-corrected chi connectivity index (χ4v) is 1.45. The molecule has 0 saturated heterocycles. The van der Waals surface area contributed by atoms with E-state index in [-0.39, 0.29) is 11.5 Å².